The van der Waals surface area contributed by atoms with Crippen LogP contribution in [0.2, 0.25) is 0 Å². The SMILES string of the molecule is O=C(CC[n+]1ccc(-c2ncccn2)cn1)OCc1ccccc1.O=C([O-])C(F)(F)F. The van der Waals surface area contributed by atoms with Gasteiger partial charge >= 0.3 is 12.1 Å². The predicted octanol–water partition coefficient (Wildman–Crippen LogP) is 1.26. The minimum absolute atomic E-state index is 0.247. The Morgan fingerprint density at radius 1 is 1.03 bits per heavy atom. The third-order valence-electron chi connectivity index (χ3n) is 3.61. The van der Waals surface area contributed by atoms with Crippen LogP contribution in [0.25, 0.3) is 11.4 Å². The zero-order valence-electron chi connectivity index (χ0n) is 16.0. The summed E-state index contributed by atoms with van der Waals surface area (Å²) in [7, 11) is 0. The molecule has 0 bridgehead atoms. The quantitative estimate of drug-likeness (QED) is 0.424. The van der Waals surface area contributed by atoms with Crippen molar-refractivity contribution in [1.82, 2.24) is 15.1 Å². The molecule has 0 amide bonds. The zero-order chi connectivity index (χ0) is 22.7. The van der Waals surface area contributed by atoms with E-state index in [1.54, 1.807) is 35.5 Å². The van der Waals surface area contributed by atoms with Crippen molar-refractivity contribution in [1.29, 1.82) is 0 Å². The third kappa shape index (κ3) is 8.56. The number of aromatic nitrogens is 4. The topological polar surface area (TPSA) is 109 Å². The predicted molar refractivity (Wildman–Crippen MR) is 97.4 cm³/mol. The molecule has 0 N–H and O–H groups in total. The molecule has 0 atom stereocenters. The summed E-state index contributed by atoms with van der Waals surface area (Å²) >= 11 is 0. The van der Waals surface area contributed by atoms with Gasteiger partial charge in [-0.3, -0.25) is 4.79 Å². The second kappa shape index (κ2) is 11.3. The Morgan fingerprint density at radius 2 is 1.68 bits per heavy atom. The molecule has 3 rings (SSSR count). The number of carbonyl (C=O) groups is 2. The number of esters is 1. The highest BCUT2D eigenvalue weighted by molar-refractivity contribution is 5.70. The van der Waals surface area contributed by atoms with Crippen LogP contribution in [0.5, 0.6) is 0 Å². The smallest absolute Gasteiger partial charge is 0.430 e. The Balaban J connectivity index is 0.000000423. The Kier molecular flexibility index (Phi) is 8.55. The summed E-state index contributed by atoms with van der Waals surface area (Å²) in [5.74, 6) is -2.63. The lowest BCUT2D eigenvalue weighted by Gasteiger charge is -2.03. The second-order valence-electron chi connectivity index (χ2n) is 5.93. The molecule has 2 aromatic heterocycles. The van der Waals surface area contributed by atoms with E-state index in [0.717, 1.165) is 11.1 Å². The Labute approximate surface area is 175 Å². The number of nitrogens with zero attached hydrogens (tertiary/aromatic N) is 4. The molecule has 8 nitrogen and oxygen atoms in total. The fourth-order valence-corrected chi connectivity index (χ4v) is 2.11. The molecular formula is C20H17F3N4O4. The molecule has 0 aliphatic carbocycles. The van der Waals surface area contributed by atoms with Crippen molar-refractivity contribution < 1.29 is 37.3 Å². The van der Waals surface area contributed by atoms with E-state index in [9.17, 15) is 18.0 Å². The van der Waals surface area contributed by atoms with E-state index in [-0.39, 0.29) is 12.4 Å². The van der Waals surface area contributed by atoms with E-state index >= 15 is 0 Å². The van der Waals surface area contributed by atoms with Gasteiger partial charge in [0.2, 0.25) is 0 Å². The first kappa shape index (κ1) is 23.4. The van der Waals surface area contributed by atoms with Gasteiger partial charge in [-0.1, -0.05) is 35.0 Å². The molecule has 0 aliphatic rings. The van der Waals surface area contributed by atoms with Crippen LogP contribution >= 0.6 is 0 Å². The molecule has 1 aromatic carbocycles. The number of aliphatic carboxylic acids is 1. The lowest BCUT2D eigenvalue weighted by Crippen LogP contribution is -2.38. The van der Waals surface area contributed by atoms with Crippen molar-refractivity contribution in [3.8, 4) is 11.4 Å². The Bertz CT molecular complexity index is 969. The van der Waals surface area contributed by atoms with Crippen molar-refractivity contribution >= 4 is 11.9 Å². The molecule has 162 valence electrons. The summed E-state index contributed by atoms with van der Waals surface area (Å²) in [5.41, 5.74) is 1.81. The Morgan fingerprint density at radius 3 is 2.23 bits per heavy atom. The van der Waals surface area contributed by atoms with Crippen LogP contribution in [-0.4, -0.2) is 33.2 Å². The summed E-state index contributed by atoms with van der Waals surface area (Å²) in [4.78, 5) is 28.9. The van der Waals surface area contributed by atoms with E-state index in [2.05, 4.69) is 15.1 Å². The van der Waals surface area contributed by atoms with Gasteiger partial charge in [-0.2, -0.15) is 13.2 Å². The third-order valence-corrected chi connectivity index (χ3v) is 3.61. The van der Waals surface area contributed by atoms with Crippen molar-refractivity contribution in [3.63, 3.8) is 0 Å². The second-order valence-corrected chi connectivity index (χ2v) is 5.93. The molecule has 0 fully saturated rings. The Hall–Kier alpha value is -3.89. The first-order chi connectivity index (χ1) is 14.8. The molecule has 11 heteroatoms. The summed E-state index contributed by atoms with van der Waals surface area (Å²) in [6.07, 6.45) is 1.94. The molecule has 2 heterocycles. The number of benzene rings is 1. The standard InChI is InChI=1S/C18H17N4O2.C2HF3O2/c23-17(24-14-15-5-2-1-3-6-15)8-12-22-11-7-16(13-21-22)18-19-9-4-10-20-18;3-2(4,5)1(6)7/h1-7,9-11,13H,8,12,14H2;(H,6,7)/q+1;/p-1. The summed E-state index contributed by atoms with van der Waals surface area (Å²) < 4.78 is 38.5. The average molecular weight is 434 g/mol. The number of carboxylic acid groups (broad SMARTS) is 1. The van der Waals surface area contributed by atoms with Gasteiger partial charge in [0, 0.05) is 24.0 Å². The van der Waals surface area contributed by atoms with E-state index in [1.807, 2.05) is 36.4 Å². The van der Waals surface area contributed by atoms with Gasteiger partial charge in [-0.15, -0.1) is 0 Å². The summed E-state index contributed by atoms with van der Waals surface area (Å²) in [6.45, 7) is 0.756. The maximum absolute atomic E-state index is 11.8. The highest BCUT2D eigenvalue weighted by atomic mass is 19.4. The van der Waals surface area contributed by atoms with Gasteiger partial charge in [0.05, 0.1) is 0 Å². The minimum Gasteiger partial charge on any atom is -0.542 e. The normalized spacial score (nSPS) is 10.5. The fraction of sp³-hybridized carbons (Fsp3) is 0.200. The first-order valence-electron chi connectivity index (χ1n) is 8.86. The highest BCUT2D eigenvalue weighted by Gasteiger charge is 2.28. The number of carboxylic acids is 1. The molecule has 0 saturated carbocycles. The van der Waals surface area contributed by atoms with Crippen molar-refractivity contribution in [2.24, 2.45) is 0 Å². The maximum atomic E-state index is 11.8. The van der Waals surface area contributed by atoms with E-state index in [4.69, 9.17) is 14.6 Å². The van der Waals surface area contributed by atoms with Crippen LogP contribution in [0.15, 0.2) is 67.3 Å². The van der Waals surface area contributed by atoms with Gasteiger partial charge in [0.15, 0.2) is 18.6 Å². The number of ether oxygens (including phenoxy) is 1. The lowest BCUT2D eigenvalue weighted by molar-refractivity contribution is -0.752. The number of halogens is 3. The fourth-order valence-electron chi connectivity index (χ4n) is 2.11. The molecule has 31 heavy (non-hydrogen) atoms. The van der Waals surface area contributed by atoms with Crippen LogP contribution in [0, 0.1) is 0 Å². The van der Waals surface area contributed by atoms with Crippen LogP contribution in [0.1, 0.15) is 12.0 Å². The molecule has 0 saturated heterocycles. The molecule has 0 unspecified atom stereocenters. The van der Waals surface area contributed by atoms with Gasteiger partial charge in [-0.25, -0.2) is 9.97 Å². The van der Waals surface area contributed by atoms with Crippen molar-refractivity contribution in [2.45, 2.75) is 25.7 Å². The van der Waals surface area contributed by atoms with Crippen molar-refractivity contribution in [3.05, 3.63) is 72.8 Å². The highest BCUT2D eigenvalue weighted by Crippen LogP contribution is 2.11. The number of hydrogen-bond donors (Lipinski definition) is 0. The van der Waals surface area contributed by atoms with Gasteiger partial charge in [0.1, 0.15) is 25.2 Å². The van der Waals surface area contributed by atoms with Crippen LogP contribution < -0.4 is 9.79 Å². The van der Waals surface area contributed by atoms with E-state index < -0.39 is 12.1 Å². The number of rotatable bonds is 6. The minimum atomic E-state index is -5.19. The lowest BCUT2D eigenvalue weighted by atomic mass is 10.2. The van der Waals surface area contributed by atoms with Crippen molar-refractivity contribution in [2.75, 3.05) is 0 Å². The number of aryl methyl sites for hydroxylation is 1. The average Bonchev–Trinajstić information content (AvgIpc) is 2.78. The molecule has 0 radical (unpaired) electrons. The summed E-state index contributed by atoms with van der Waals surface area (Å²) in [6, 6.07) is 13.3. The van der Waals surface area contributed by atoms with Crippen LogP contribution in [-0.2, 0) is 27.5 Å². The molecule has 0 aliphatic heterocycles. The monoisotopic (exact) mass is 434 g/mol. The van der Waals surface area contributed by atoms with Crippen LogP contribution in [0.4, 0.5) is 13.2 Å². The van der Waals surface area contributed by atoms with Crippen LogP contribution in [0.3, 0.4) is 0 Å². The molecule has 3 aromatic rings. The first-order valence-corrected chi connectivity index (χ1v) is 8.86. The van der Waals surface area contributed by atoms with Gasteiger partial charge in [0.25, 0.3) is 0 Å². The van der Waals surface area contributed by atoms with E-state index in [0.29, 0.717) is 19.0 Å². The van der Waals surface area contributed by atoms with Gasteiger partial charge in [-0.05, 0) is 16.7 Å². The maximum Gasteiger partial charge on any atom is 0.430 e. The largest absolute Gasteiger partial charge is 0.542 e. The summed E-state index contributed by atoms with van der Waals surface area (Å²) in [5, 5.41) is 13.1. The number of alkyl halides is 3. The van der Waals surface area contributed by atoms with Gasteiger partial charge < -0.3 is 14.6 Å². The number of hydrogen-bond acceptors (Lipinski definition) is 7. The molecular weight excluding hydrogens is 417 g/mol. The molecule has 0 spiro atoms. The zero-order valence-corrected chi connectivity index (χ0v) is 16.0. The van der Waals surface area contributed by atoms with E-state index in [1.165, 1.54) is 0 Å². The number of carbonyl (C=O) groups excluding carboxylic acids is 2.